The Labute approximate surface area is 283 Å². The fourth-order valence-corrected chi connectivity index (χ4v) is 9.45. The molecule has 0 bridgehead atoms. The number of thiophene rings is 1. The Morgan fingerprint density at radius 3 is 2.35 bits per heavy atom. The van der Waals surface area contributed by atoms with E-state index in [0.29, 0.717) is 17.7 Å². The highest BCUT2D eigenvalue weighted by atomic mass is 32.1. The number of fused-ring (bicyclic) bond motifs is 3. The molecule has 1 saturated heterocycles. The molecule has 14 heteroatoms. The van der Waals surface area contributed by atoms with E-state index in [-0.39, 0.29) is 36.3 Å². The second-order valence-electron chi connectivity index (χ2n) is 13.9. The summed E-state index contributed by atoms with van der Waals surface area (Å²) in [5, 5.41) is 55.8. The summed E-state index contributed by atoms with van der Waals surface area (Å²) < 4.78 is 0. The van der Waals surface area contributed by atoms with Gasteiger partial charge >= 0.3 is 0 Å². The number of benzene rings is 1. The minimum Gasteiger partial charge on any atom is -0.508 e. The lowest BCUT2D eigenvalue weighted by Crippen LogP contribution is -2.71. The maximum Gasteiger partial charge on any atom is 0.230 e. The number of allylic oxidation sites excluding steroid dienone is 1. The number of likely N-dealkylation sites (N-methyl/N-ethyl adjacent to an activating group) is 1. The molecule has 1 amide bonds. The molecule has 0 spiro atoms. The van der Waals surface area contributed by atoms with Crippen molar-refractivity contribution in [3.05, 3.63) is 45.5 Å². The first-order valence-corrected chi connectivity index (χ1v) is 17.1. The molecular formula is C34H45N5O8S. The first kappa shape index (κ1) is 34.5. The third-order valence-corrected chi connectivity index (χ3v) is 11.8. The zero-order valence-corrected chi connectivity index (χ0v) is 28.5. The Kier molecular flexibility index (Phi) is 9.22. The van der Waals surface area contributed by atoms with Gasteiger partial charge in [-0.3, -0.25) is 24.2 Å². The maximum absolute atomic E-state index is 14.4. The van der Waals surface area contributed by atoms with Crippen molar-refractivity contribution in [2.75, 3.05) is 72.4 Å². The number of aliphatic hydroxyl groups excluding tert-OH is 3. The summed E-state index contributed by atoms with van der Waals surface area (Å²) in [6.07, 6.45) is -1.22. The van der Waals surface area contributed by atoms with E-state index >= 15 is 0 Å². The van der Waals surface area contributed by atoms with Crippen molar-refractivity contribution in [3.8, 4) is 16.2 Å². The lowest BCUT2D eigenvalue weighted by Gasteiger charge is -2.53. The lowest BCUT2D eigenvalue weighted by molar-refractivity contribution is -0.178. The molecular weight excluding hydrogens is 638 g/mol. The number of anilines is 1. The van der Waals surface area contributed by atoms with Gasteiger partial charge in [-0.1, -0.05) is 0 Å². The van der Waals surface area contributed by atoms with Crippen LogP contribution in [-0.2, 0) is 22.6 Å². The molecule has 48 heavy (non-hydrogen) atoms. The summed E-state index contributed by atoms with van der Waals surface area (Å²) in [5.74, 6) is -7.51. The van der Waals surface area contributed by atoms with Gasteiger partial charge in [0.05, 0.1) is 18.3 Å². The predicted octanol–water partition coefficient (Wildman–Crippen LogP) is 0.190. The van der Waals surface area contributed by atoms with Crippen LogP contribution in [-0.4, -0.2) is 143 Å². The molecule has 2 unspecified atom stereocenters. The van der Waals surface area contributed by atoms with E-state index in [0.717, 1.165) is 48.2 Å². The minimum absolute atomic E-state index is 0.00455. The van der Waals surface area contributed by atoms with Crippen LogP contribution in [0.1, 0.15) is 27.2 Å². The lowest BCUT2D eigenvalue weighted by atomic mass is 9.56. The smallest absolute Gasteiger partial charge is 0.230 e. The number of piperazine rings is 1. The summed E-state index contributed by atoms with van der Waals surface area (Å²) in [6.45, 7) is 5.05. The predicted molar refractivity (Wildman–Crippen MR) is 180 cm³/mol. The molecule has 6 rings (SSSR count). The zero-order valence-electron chi connectivity index (χ0n) is 27.7. The number of primary amides is 1. The van der Waals surface area contributed by atoms with Gasteiger partial charge in [0.2, 0.25) is 5.91 Å². The van der Waals surface area contributed by atoms with Crippen LogP contribution in [0.2, 0.25) is 0 Å². The average molecular weight is 684 g/mol. The van der Waals surface area contributed by atoms with Crippen molar-refractivity contribution in [1.82, 2.24) is 14.7 Å². The van der Waals surface area contributed by atoms with Crippen LogP contribution in [0.25, 0.3) is 10.4 Å². The number of ketones is 2. The Bertz CT molecular complexity index is 1660. The van der Waals surface area contributed by atoms with Crippen LogP contribution < -0.4 is 10.6 Å². The van der Waals surface area contributed by atoms with E-state index in [1.807, 2.05) is 37.2 Å². The topological polar surface area (TPSA) is 191 Å². The van der Waals surface area contributed by atoms with E-state index < -0.39 is 58.7 Å². The molecule has 1 aromatic heterocycles. The number of carbonyl (C=O) groups is 3. The fourth-order valence-electron chi connectivity index (χ4n) is 8.38. The third kappa shape index (κ3) is 5.43. The molecule has 260 valence electrons. The van der Waals surface area contributed by atoms with Crippen molar-refractivity contribution >= 4 is 34.5 Å². The van der Waals surface area contributed by atoms with E-state index in [1.165, 1.54) is 11.3 Å². The summed E-state index contributed by atoms with van der Waals surface area (Å²) in [4.78, 5) is 50.3. The first-order chi connectivity index (χ1) is 22.7. The SMILES string of the molecule is CN(C)c1cc(-c2ccc(CN3CCN(CCO)CC3)s2)c(O)c2c1C[C@H]1C[C@H]3[C@H](N(C)C)C(O)C(C(N)=O)C(=O)[C@@]3(O)C(O)=C1C2=O. The van der Waals surface area contributed by atoms with E-state index in [1.54, 1.807) is 19.0 Å². The molecule has 0 radical (unpaired) electrons. The summed E-state index contributed by atoms with van der Waals surface area (Å²) in [7, 11) is 6.97. The van der Waals surface area contributed by atoms with Crippen LogP contribution in [0.5, 0.6) is 5.75 Å². The Balaban J connectivity index is 1.39. The van der Waals surface area contributed by atoms with Gasteiger partial charge < -0.3 is 41.1 Å². The van der Waals surface area contributed by atoms with E-state index in [4.69, 9.17) is 5.73 Å². The van der Waals surface area contributed by atoms with Crippen LogP contribution >= 0.6 is 11.3 Å². The molecule has 1 aromatic carbocycles. The zero-order chi connectivity index (χ0) is 34.8. The third-order valence-electron chi connectivity index (χ3n) is 10.7. The quantitative estimate of drug-likeness (QED) is 0.208. The van der Waals surface area contributed by atoms with Gasteiger partial charge in [0, 0.05) is 91.9 Å². The molecule has 13 nitrogen and oxygen atoms in total. The van der Waals surface area contributed by atoms with Gasteiger partial charge in [-0.05, 0) is 56.6 Å². The van der Waals surface area contributed by atoms with Crippen molar-refractivity contribution in [2.45, 2.75) is 37.1 Å². The van der Waals surface area contributed by atoms with Crippen LogP contribution in [0.3, 0.4) is 0 Å². The van der Waals surface area contributed by atoms with Crippen LogP contribution in [0.15, 0.2) is 29.5 Å². The second kappa shape index (κ2) is 12.8. The highest BCUT2D eigenvalue weighted by Crippen LogP contribution is 2.54. The number of aromatic hydroxyl groups is 1. The molecule has 6 atom stereocenters. The number of carbonyl (C=O) groups excluding carboxylic acids is 3. The van der Waals surface area contributed by atoms with Crippen LogP contribution in [0.4, 0.5) is 5.69 Å². The molecule has 2 aromatic rings. The number of rotatable bonds is 8. The monoisotopic (exact) mass is 683 g/mol. The molecule has 1 saturated carbocycles. The molecule has 2 heterocycles. The Hall–Kier alpha value is -3.37. The fraction of sp³-hybridized carbons (Fsp3) is 0.559. The number of β-amino-alcohol motifs (C(OH)–C–C–N with tert-alkyl or cyclic N) is 1. The van der Waals surface area contributed by atoms with Crippen molar-refractivity contribution < 1.29 is 39.9 Å². The summed E-state index contributed by atoms with van der Waals surface area (Å²) in [6, 6.07) is 4.87. The van der Waals surface area contributed by atoms with Gasteiger partial charge in [0.25, 0.3) is 0 Å². The highest BCUT2D eigenvalue weighted by Gasteiger charge is 2.66. The number of phenolic OH excluding ortho intramolecular Hbond substituents is 1. The largest absolute Gasteiger partial charge is 0.508 e. The number of hydrogen-bond acceptors (Lipinski definition) is 13. The Morgan fingerprint density at radius 2 is 1.75 bits per heavy atom. The Morgan fingerprint density at radius 1 is 1.08 bits per heavy atom. The molecule has 3 aliphatic carbocycles. The molecule has 1 aliphatic heterocycles. The van der Waals surface area contributed by atoms with Gasteiger partial charge in [-0.15, -0.1) is 11.3 Å². The van der Waals surface area contributed by atoms with Gasteiger partial charge in [-0.2, -0.15) is 0 Å². The van der Waals surface area contributed by atoms with Crippen molar-refractivity contribution in [3.63, 3.8) is 0 Å². The first-order valence-electron chi connectivity index (χ1n) is 16.3. The van der Waals surface area contributed by atoms with Crippen molar-refractivity contribution in [1.29, 1.82) is 0 Å². The number of Topliss-reactive ketones (excluding diaryl/α,β-unsaturated/α-hetero) is 2. The summed E-state index contributed by atoms with van der Waals surface area (Å²) in [5.41, 5.74) is 4.48. The van der Waals surface area contributed by atoms with E-state index in [2.05, 4.69) is 9.80 Å². The van der Waals surface area contributed by atoms with Gasteiger partial charge in [0.15, 0.2) is 17.2 Å². The standard InChI is InChI=1S/C34H45N5O8S/c1-36(2)22-15-20(23-6-5-18(48-23)16-39-9-7-38(8-10-39)11-12-40)28(41)25-19(22)13-17-14-21-27(37(3)4)30(43)26(33(35)46)32(45)34(21,47)31(44)24(17)29(25)42/h5-6,15,17,21,26-27,30,40-41,43-44,47H,7-14,16H2,1-4H3,(H2,35,46)/t17-,21-,26?,27-,30?,34-/m0/s1. The summed E-state index contributed by atoms with van der Waals surface area (Å²) >= 11 is 1.52. The van der Waals surface area contributed by atoms with Crippen LogP contribution in [0, 0.1) is 17.8 Å². The molecule has 4 aliphatic rings. The van der Waals surface area contributed by atoms with Gasteiger partial charge in [-0.25, -0.2) is 0 Å². The highest BCUT2D eigenvalue weighted by molar-refractivity contribution is 7.15. The molecule has 7 N–H and O–H groups in total. The van der Waals surface area contributed by atoms with Gasteiger partial charge in [0.1, 0.15) is 17.4 Å². The number of nitrogens with two attached hydrogens (primary N) is 1. The number of hydrogen-bond donors (Lipinski definition) is 6. The minimum atomic E-state index is -2.63. The number of amides is 1. The van der Waals surface area contributed by atoms with Crippen molar-refractivity contribution in [2.24, 2.45) is 23.5 Å². The van der Waals surface area contributed by atoms with E-state index in [9.17, 15) is 39.9 Å². The number of nitrogens with zero attached hydrogens (tertiary/aromatic N) is 4. The molecule has 2 fully saturated rings. The maximum atomic E-state index is 14.4. The number of aliphatic hydroxyl groups is 4. The second-order valence-corrected chi connectivity index (χ2v) is 15.1. The normalized spacial score (nSPS) is 29.5. The number of phenols is 1. The average Bonchev–Trinajstić information content (AvgIpc) is 3.47.